The fourth-order valence-electron chi connectivity index (χ4n) is 2.47. The van der Waals surface area contributed by atoms with Crippen molar-refractivity contribution < 1.29 is 14.4 Å². The molecule has 1 aromatic heterocycles. The van der Waals surface area contributed by atoms with Crippen LogP contribution in [0.4, 0.5) is 6.01 Å². The summed E-state index contributed by atoms with van der Waals surface area (Å²) in [5, 5.41) is 21.7. The molecule has 0 saturated carbocycles. The molecule has 0 spiro atoms. The van der Waals surface area contributed by atoms with Crippen LogP contribution in [0.1, 0.15) is 18.4 Å². The number of hydrogen-bond donors (Lipinski definition) is 1. The zero-order valence-corrected chi connectivity index (χ0v) is 11.8. The first-order valence-electron chi connectivity index (χ1n) is 6.99. The molecule has 2 aromatic rings. The van der Waals surface area contributed by atoms with E-state index in [0.717, 1.165) is 5.56 Å². The van der Waals surface area contributed by atoms with Crippen molar-refractivity contribution >= 4 is 12.0 Å². The van der Waals surface area contributed by atoms with Gasteiger partial charge in [0.25, 0.3) is 0 Å². The summed E-state index contributed by atoms with van der Waals surface area (Å²) in [6.45, 7) is 1.18. The Kier molecular flexibility index (Phi) is 3.74. The second kappa shape index (κ2) is 5.85. The maximum atomic E-state index is 10.9. The van der Waals surface area contributed by atoms with Gasteiger partial charge in [-0.3, -0.25) is 4.79 Å². The molecule has 7 nitrogen and oxygen atoms in total. The summed E-state index contributed by atoms with van der Waals surface area (Å²) in [4.78, 5) is 17.2. The van der Waals surface area contributed by atoms with Crippen molar-refractivity contribution in [2.45, 2.75) is 12.8 Å². The molecule has 1 fully saturated rings. The Hall–Kier alpha value is -2.88. The number of hydrogen-bond acceptors (Lipinski definition) is 6. The first kappa shape index (κ1) is 14.1. The first-order chi connectivity index (χ1) is 10.7. The molecule has 2 heterocycles. The highest BCUT2D eigenvalue weighted by molar-refractivity contribution is 5.70. The van der Waals surface area contributed by atoms with Crippen LogP contribution < -0.4 is 4.90 Å². The first-order valence-corrected chi connectivity index (χ1v) is 6.99. The number of benzene rings is 1. The summed E-state index contributed by atoms with van der Waals surface area (Å²) >= 11 is 0. The van der Waals surface area contributed by atoms with Crippen molar-refractivity contribution in [3.05, 3.63) is 29.8 Å². The Bertz CT molecular complexity index is 709. The number of aliphatic carboxylic acids is 1. The lowest BCUT2D eigenvalue weighted by molar-refractivity contribution is -0.142. The number of nitriles is 1. The monoisotopic (exact) mass is 298 g/mol. The van der Waals surface area contributed by atoms with E-state index in [-0.39, 0.29) is 5.92 Å². The lowest BCUT2D eigenvalue weighted by atomic mass is 9.97. The Morgan fingerprint density at radius 1 is 1.32 bits per heavy atom. The summed E-state index contributed by atoms with van der Waals surface area (Å²) in [6.07, 6.45) is 1.15. The predicted molar refractivity (Wildman–Crippen MR) is 77.0 cm³/mol. The number of aromatic nitrogens is 2. The fraction of sp³-hybridized carbons (Fsp3) is 0.333. The van der Waals surface area contributed by atoms with Gasteiger partial charge in [-0.15, -0.1) is 0 Å². The number of carboxylic acids is 1. The van der Waals surface area contributed by atoms with E-state index >= 15 is 0 Å². The van der Waals surface area contributed by atoms with Crippen LogP contribution in [-0.2, 0) is 4.79 Å². The van der Waals surface area contributed by atoms with Gasteiger partial charge in [0.05, 0.1) is 17.6 Å². The van der Waals surface area contributed by atoms with Crippen molar-refractivity contribution in [1.82, 2.24) is 10.1 Å². The van der Waals surface area contributed by atoms with E-state index in [9.17, 15) is 4.79 Å². The normalized spacial score (nSPS) is 15.5. The van der Waals surface area contributed by atoms with Crippen molar-refractivity contribution in [3.63, 3.8) is 0 Å². The van der Waals surface area contributed by atoms with Crippen molar-refractivity contribution in [1.29, 1.82) is 5.26 Å². The largest absolute Gasteiger partial charge is 0.481 e. The molecule has 7 heteroatoms. The van der Waals surface area contributed by atoms with Gasteiger partial charge < -0.3 is 14.5 Å². The molecule has 1 aliphatic rings. The molecule has 22 heavy (non-hydrogen) atoms. The third kappa shape index (κ3) is 2.76. The van der Waals surface area contributed by atoms with Crippen LogP contribution in [0.25, 0.3) is 11.4 Å². The molecular weight excluding hydrogens is 284 g/mol. The van der Waals surface area contributed by atoms with E-state index < -0.39 is 5.97 Å². The Morgan fingerprint density at radius 2 is 2.00 bits per heavy atom. The zero-order chi connectivity index (χ0) is 15.5. The maximum absolute atomic E-state index is 10.9. The van der Waals surface area contributed by atoms with Gasteiger partial charge in [0.1, 0.15) is 0 Å². The number of carbonyl (C=O) groups is 1. The van der Waals surface area contributed by atoms with Gasteiger partial charge >= 0.3 is 12.0 Å². The van der Waals surface area contributed by atoms with Crippen molar-refractivity contribution in [2.75, 3.05) is 18.0 Å². The minimum absolute atomic E-state index is 0.294. The highest BCUT2D eigenvalue weighted by Gasteiger charge is 2.27. The van der Waals surface area contributed by atoms with Crippen LogP contribution >= 0.6 is 0 Å². The number of nitrogens with zero attached hydrogens (tertiary/aromatic N) is 4. The highest BCUT2D eigenvalue weighted by atomic mass is 16.5. The number of carboxylic acid groups (broad SMARTS) is 1. The second-order valence-corrected chi connectivity index (χ2v) is 5.19. The van der Waals surface area contributed by atoms with Gasteiger partial charge in [-0.1, -0.05) is 5.16 Å². The maximum Gasteiger partial charge on any atom is 0.324 e. The third-order valence-electron chi connectivity index (χ3n) is 3.80. The molecule has 1 N–H and O–H groups in total. The van der Waals surface area contributed by atoms with Crippen LogP contribution in [0.2, 0.25) is 0 Å². The van der Waals surface area contributed by atoms with Crippen LogP contribution in [0.3, 0.4) is 0 Å². The quantitative estimate of drug-likeness (QED) is 0.923. The SMILES string of the molecule is N#Cc1ccc(-c2noc(N3CCC(C(=O)O)CC3)n2)cc1. The smallest absolute Gasteiger partial charge is 0.324 e. The standard InChI is InChI=1S/C15H14N4O3/c16-9-10-1-3-11(4-2-10)13-17-15(22-18-13)19-7-5-12(6-8-19)14(20)21/h1-4,12H,5-8H2,(H,20,21). The van der Waals surface area contributed by atoms with Gasteiger partial charge in [0.15, 0.2) is 0 Å². The second-order valence-electron chi connectivity index (χ2n) is 5.19. The third-order valence-corrected chi connectivity index (χ3v) is 3.80. The van der Waals surface area contributed by atoms with Crippen LogP contribution in [-0.4, -0.2) is 34.3 Å². The van der Waals surface area contributed by atoms with Crippen molar-refractivity contribution in [2.24, 2.45) is 5.92 Å². The molecule has 0 unspecified atom stereocenters. The van der Waals surface area contributed by atoms with Gasteiger partial charge in [0, 0.05) is 18.7 Å². The van der Waals surface area contributed by atoms with E-state index in [2.05, 4.69) is 16.2 Å². The van der Waals surface area contributed by atoms with E-state index in [1.165, 1.54) is 0 Å². The van der Waals surface area contributed by atoms with Gasteiger partial charge in [-0.05, 0) is 37.1 Å². The average Bonchev–Trinajstić information content (AvgIpc) is 3.05. The zero-order valence-electron chi connectivity index (χ0n) is 11.8. The lowest BCUT2D eigenvalue weighted by Gasteiger charge is -2.28. The summed E-state index contributed by atoms with van der Waals surface area (Å²) in [5.74, 6) is -0.583. The van der Waals surface area contributed by atoms with E-state index in [0.29, 0.717) is 43.3 Å². The number of rotatable bonds is 3. The molecule has 0 aliphatic carbocycles. The van der Waals surface area contributed by atoms with Gasteiger partial charge in [-0.25, -0.2) is 0 Å². The summed E-state index contributed by atoms with van der Waals surface area (Å²) in [7, 11) is 0. The minimum atomic E-state index is -0.747. The molecule has 1 aliphatic heterocycles. The van der Waals surface area contributed by atoms with Crippen LogP contribution in [0.15, 0.2) is 28.8 Å². The van der Waals surface area contributed by atoms with E-state index in [1.54, 1.807) is 24.3 Å². The van der Waals surface area contributed by atoms with Gasteiger partial charge in [0.2, 0.25) is 5.82 Å². The number of piperidine rings is 1. The Labute approximate surface area is 126 Å². The summed E-state index contributed by atoms with van der Waals surface area (Å²) < 4.78 is 5.26. The molecule has 0 atom stereocenters. The molecule has 1 aromatic carbocycles. The summed E-state index contributed by atoms with van der Waals surface area (Å²) in [6, 6.07) is 9.39. The average molecular weight is 298 g/mol. The minimum Gasteiger partial charge on any atom is -0.481 e. The van der Waals surface area contributed by atoms with E-state index in [1.807, 2.05) is 4.90 Å². The lowest BCUT2D eigenvalue weighted by Crippen LogP contribution is -2.36. The fourth-order valence-corrected chi connectivity index (χ4v) is 2.47. The highest BCUT2D eigenvalue weighted by Crippen LogP contribution is 2.24. The topological polar surface area (TPSA) is 103 Å². The predicted octanol–water partition coefficient (Wildman–Crippen LogP) is 1.91. The van der Waals surface area contributed by atoms with E-state index in [4.69, 9.17) is 14.9 Å². The number of anilines is 1. The molecule has 0 bridgehead atoms. The Morgan fingerprint density at radius 3 is 2.59 bits per heavy atom. The van der Waals surface area contributed by atoms with Crippen molar-refractivity contribution in [3.8, 4) is 17.5 Å². The van der Waals surface area contributed by atoms with Crippen LogP contribution in [0, 0.1) is 17.2 Å². The molecule has 112 valence electrons. The Balaban J connectivity index is 1.71. The van der Waals surface area contributed by atoms with Crippen LogP contribution in [0.5, 0.6) is 0 Å². The summed E-state index contributed by atoms with van der Waals surface area (Å²) in [5.41, 5.74) is 1.35. The molecule has 0 radical (unpaired) electrons. The van der Waals surface area contributed by atoms with Gasteiger partial charge in [-0.2, -0.15) is 10.2 Å². The molecule has 0 amide bonds. The molecule has 1 saturated heterocycles. The molecular formula is C15H14N4O3. The molecule has 3 rings (SSSR count).